The maximum Gasteiger partial charge on any atom is 0.320 e. The number of carboxylic acid groups (broad SMARTS) is 1. The van der Waals surface area contributed by atoms with Crippen molar-refractivity contribution in [2.24, 2.45) is 5.73 Å². The molecule has 0 amide bonds. The summed E-state index contributed by atoms with van der Waals surface area (Å²) in [5, 5.41) is 9.25. The van der Waals surface area contributed by atoms with E-state index in [0.717, 1.165) is 11.1 Å². The highest BCUT2D eigenvalue weighted by atomic mass is 35.5. The lowest BCUT2D eigenvalue weighted by molar-refractivity contribution is -0.138. The molecule has 1 atom stereocenters. The van der Waals surface area contributed by atoms with Crippen molar-refractivity contribution in [1.82, 2.24) is 0 Å². The number of hydrogen-bond donors (Lipinski definition) is 2. The van der Waals surface area contributed by atoms with E-state index >= 15 is 0 Å². The molecule has 3 nitrogen and oxygen atoms in total. The minimum absolute atomic E-state index is 0.301. The first-order chi connectivity index (χ1) is 6.50. The van der Waals surface area contributed by atoms with Crippen molar-refractivity contribution >= 4 is 17.6 Å². The van der Waals surface area contributed by atoms with Crippen LogP contribution in [0.4, 0.5) is 0 Å². The van der Waals surface area contributed by atoms with Crippen molar-refractivity contribution in [2.75, 3.05) is 0 Å². The third-order valence-electron chi connectivity index (χ3n) is 2.01. The smallest absolute Gasteiger partial charge is 0.320 e. The van der Waals surface area contributed by atoms with Gasteiger partial charge in [-0.3, -0.25) is 4.79 Å². The van der Waals surface area contributed by atoms with Gasteiger partial charge in [-0.1, -0.05) is 23.7 Å². The van der Waals surface area contributed by atoms with Gasteiger partial charge in [-0.05, 0) is 30.5 Å². The van der Waals surface area contributed by atoms with E-state index < -0.39 is 12.0 Å². The van der Waals surface area contributed by atoms with Gasteiger partial charge in [0.15, 0.2) is 0 Å². The SMILES string of the molecule is Cc1ccc(C[C@H](N)C(=O)O)cc1Cl. The molecule has 4 heteroatoms. The molecular weight excluding hydrogens is 202 g/mol. The van der Waals surface area contributed by atoms with Crippen molar-refractivity contribution in [3.8, 4) is 0 Å². The zero-order valence-electron chi connectivity index (χ0n) is 7.83. The number of rotatable bonds is 3. The summed E-state index contributed by atoms with van der Waals surface area (Å²) in [6, 6.07) is 4.57. The van der Waals surface area contributed by atoms with Gasteiger partial charge in [-0.2, -0.15) is 0 Å². The molecule has 0 spiro atoms. The Hall–Kier alpha value is -1.06. The maximum absolute atomic E-state index is 10.5. The van der Waals surface area contributed by atoms with Crippen LogP contribution in [0.2, 0.25) is 5.02 Å². The van der Waals surface area contributed by atoms with Gasteiger partial charge in [0.1, 0.15) is 6.04 Å². The van der Waals surface area contributed by atoms with Gasteiger partial charge >= 0.3 is 5.97 Å². The standard InChI is InChI=1S/C10H12ClNO2/c1-6-2-3-7(4-8(6)11)5-9(12)10(13)14/h2-4,9H,5,12H2,1H3,(H,13,14)/t9-/m0/s1. The summed E-state index contributed by atoms with van der Waals surface area (Å²) in [5.74, 6) is -0.998. The number of hydrogen-bond acceptors (Lipinski definition) is 2. The third-order valence-corrected chi connectivity index (χ3v) is 2.42. The molecule has 0 unspecified atom stereocenters. The van der Waals surface area contributed by atoms with Crippen molar-refractivity contribution in [3.63, 3.8) is 0 Å². The second-order valence-electron chi connectivity index (χ2n) is 3.23. The van der Waals surface area contributed by atoms with Crippen LogP contribution < -0.4 is 5.73 Å². The number of carboxylic acids is 1. The van der Waals surface area contributed by atoms with Crippen LogP contribution in [0.15, 0.2) is 18.2 Å². The third kappa shape index (κ3) is 2.72. The van der Waals surface area contributed by atoms with E-state index in [4.69, 9.17) is 22.4 Å². The second-order valence-corrected chi connectivity index (χ2v) is 3.64. The van der Waals surface area contributed by atoms with Gasteiger partial charge in [0.25, 0.3) is 0 Å². The molecule has 14 heavy (non-hydrogen) atoms. The largest absolute Gasteiger partial charge is 0.480 e. The van der Waals surface area contributed by atoms with E-state index in [0.29, 0.717) is 11.4 Å². The van der Waals surface area contributed by atoms with Gasteiger partial charge in [0.2, 0.25) is 0 Å². The Labute approximate surface area is 87.5 Å². The highest BCUT2D eigenvalue weighted by Crippen LogP contribution is 2.17. The van der Waals surface area contributed by atoms with Crippen LogP contribution in [0.5, 0.6) is 0 Å². The Balaban J connectivity index is 2.78. The van der Waals surface area contributed by atoms with Crippen LogP contribution in [-0.4, -0.2) is 17.1 Å². The lowest BCUT2D eigenvalue weighted by Crippen LogP contribution is -2.32. The van der Waals surface area contributed by atoms with E-state index in [2.05, 4.69) is 0 Å². The molecule has 0 aliphatic carbocycles. The zero-order chi connectivity index (χ0) is 10.7. The first-order valence-electron chi connectivity index (χ1n) is 4.24. The summed E-state index contributed by atoms with van der Waals surface area (Å²) >= 11 is 5.89. The number of benzene rings is 1. The topological polar surface area (TPSA) is 63.3 Å². The van der Waals surface area contributed by atoms with Gasteiger partial charge in [-0.25, -0.2) is 0 Å². The molecule has 0 heterocycles. The predicted molar refractivity (Wildman–Crippen MR) is 55.5 cm³/mol. The van der Waals surface area contributed by atoms with Crippen LogP contribution in [0, 0.1) is 6.92 Å². The number of halogens is 1. The summed E-state index contributed by atoms with van der Waals surface area (Å²) < 4.78 is 0. The molecule has 1 rings (SSSR count). The summed E-state index contributed by atoms with van der Waals surface area (Å²) in [4.78, 5) is 10.5. The van der Waals surface area contributed by atoms with Gasteiger partial charge < -0.3 is 10.8 Å². The summed E-state index contributed by atoms with van der Waals surface area (Å²) in [7, 11) is 0. The van der Waals surface area contributed by atoms with Crippen molar-refractivity contribution in [2.45, 2.75) is 19.4 Å². The molecule has 0 saturated heterocycles. The first kappa shape index (κ1) is 11.0. The van der Waals surface area contributed by atoms with Crippen molar-refractivity contribution < 1.29 is 9.90 Å². The number of carbonyl (C=O) groups is 1. The highest BCUT2D eigenvalue weighted by Gasteiger charge is 2.12. The van der Waals surface area contributed by atoms with Crippen LogP contribution in [0.1, 0.15) is 11.1 Å². The second kappa shape index (κ2) is 4.44. The normalized spacial score (nSPS) is 12.5. The molecular formula is C10H12ClNO2. The minimum Gasteiger partial charge on any atom is -0.480 e. The van der Waals surface area contributed by atoms with Crippen molar-refractivity contribution in [3.05, 3.63) is 34.3 Å². The Bertz CT molecular complexity index is 352. The molecule has 0 bridgehead atoms. The molecule has 0 aliphatic heterocycles. The van der Waals surface area contributed by atoms with Crippen LogP contribution in [-0.2, 0) is 11.2 Å². The fraction of sp³-hybridized carbons (Fsp3) is 0.300. The van der Waals surface area contributed by atoms with Crippen molar-refractivity contribution in [1.29, 1.82) is 0 Å². The Kier molecular flexibility index (Phi) is 3.49. The van der Waals surface area contributed by atoms with E-state index in [1.165, 1.54) is 0 Å². The number of aryl methyl sites for hydroxylation is 1. The van der Waals surface area contributed by atoms with E-state index in [1.807, 2.05) is 19.1 Å². The average molecular weight is 214 g/mol. The minimum atomic E-state index is -0.998. The zero-order valence-corrected chi connectivity index (χ0v) is 8.58. The molecule has 0 radical (unpaired) electrons. The van der Waals surface area contributed by atoms with Gasteiger partial charge in [0, 0.05) is 5.02 Å². The summed E-state index contributed by atoms with van der Waals surface area (Å²) in [5.41, 5.74) is 7.21. The maximum atomic E-state index is 10.5. The lowest BCUT2D eigenvalue weighted by Gasteiger charge is -2.07. The monoisotopic (exact) mass is 213 g/mol. The molecule has 0 saturated carbocycles. The van der Waals surface area contributed by atoms with Gasteiger partial charge in [-0.15, -0.1) is 0 Å². The molecule has 1 aromatic carbocycles. The quantitative estimate of drug-likeness (QED) is 0.802. The predicted octanol–water partition coefficient (Wildman–Crippen LogP) is 1.60. The van der Waals surface area contributed by atoms with E-state index in [1.54, 1.807) is 6.07 Å². The molecule has 76 valence electrons. The summed E-state index contributed by atoms with van der Waals surface area (Å²) in [6.45, 7) is 1.89. The Morgan fingerprint density at radius 2 is 2.29 bits per heavy atom. The van der Waals surface area contributed by atoms with Gasteiger partial charge in [0.05, 0.1) is 0 Å². The molecule has 0 aromatic heterocycles. The number of nitrogens with two attached hydrogens (primary N) is 1. The Morgan fingerprint density at radius 1 is 1.64 bits per heavy atom. The fourth-order valence-electron chi connectivity index (χ4n) is 1.10. The average Bonchev–Trinajstić information content (AvgIpc) is 2.11. The summed E-state index contributed by atoms with van der Waals surface area (Å²) in [6.07, 6.45) is 0.301. The number of aliphatic carboxylic acids is 1. The molecule has 0 aliphatic rings. The molecule has 1 aromatic rings. The van der Waals surface area contributed by atoms with Crippen LogP contribution >= 0.6 is 11.6 Å². The van der Waals surface area contributed by atoms with Crippen LogP contribution in [0.25, 0.3) is 0 Å². The molecule has 3 N–H and O–H groups in total. The fourth-order valence-corrected chi connectivity index (χ4v) is 1.31. The van der Waals surface area contributed by atoms with E-state index in [-0.39, 0.29) is 0 Å². The molecule has 0 fully saturated rings. The first-order valence-corrected chi connectivity index (χ1v) is 4.62. The Morgan fingerprint density at radius 3 is 2.79 bits per heavy atom. The highest BCUT2D eigenvalue weighted by molar-refractivity contribution is 6.31. The lowest BCUT2D eigenvalue weighted by atomic mass is 10.1. The van der Waals surface area contributed by atoms with E-state index in [9.17, 15) is 4.79 Å². The van der Waals surface area contributed by atoms with Crippen LogP contribution in [0.3, 0.4) is 0 Å².